The first-order valence-electron chi connectivity index (χ1n) is 13.4. The number of benzene rings is 2. The lowest BCUT2D eigenvalue weighted by atomic mass is 9.84. The number of allylic oxidation sites excluding steroid dienone is 6. The molecule has 1 N–H and O–H groups in total. The molecule has 5 rings (SSSR count). The first-order chi connectivity index (χ1) is 17.3. The second-order valence-corrected chi connectivity index (χ2v) is 9.92. The van der Waals surface area contributed by atoms with E-state index in [1.165, 1.54) is 71.4 Å². The van der Waals surface area contributed by atoms with Gasteiger partial charge < -0.3 is 9.67 Å². The van der Waals surface area contributed by atoms with Gasteiger partial charge in [-0.15, -0.1) is 0 Å². The first-order valence-corrected chi connectivity index (χ1v) is 13.4. The smallest absolute Gasteiger partial charge is 0.0500 e. The number of hydrogen-bond donors (Lipinski definition) is 1. The standard InChI is InChI=1S/C33H37NO/c35-24-12-11-13-26-20-22-30(23-21-26)34-32(28-16-5-1-2-6-17-28)25-31(27-14-7-3-8-15-27)33(34)29-18-9-4-10-19-29/h1-3,5-8,14-16,20-23,25,29,35H,4,9-13,17-19,24H2. The molecule has 2 aromatic carbocycles. The summed E-state index contributed by atoms with van der Waals surface area (Å²) in [4.78, 5) is 0. The van der Waals surface area contributed by atoms with Crippen molar-refractivity contribution in [2.75, 3.05) is 6.61 Å². The summed E-state index contributed by atoms with van der Waals surface area (Å²) in [6.45, 7) is 0.274. The van der Waals surface area contributed by atoms with Crippen LogP contribution in [0.4, 0.5) is 0 Å². The van der Waals surface area contributed by atoms with Crippen LogP contribution in [0.2, 0.25) is 0 Å². The molecule has 0 spiro atoms. The van der Waals surface area contributed by atoms with Crippen molar-refractivity contribution >= 4 is 5.57 Å². The van der Waals surface area contributed by atoms with Gasteiger partial charge in [0, 0.05) is 29.5 Å². The molecule has 35 heavy (non-hydrogen) atoms. The highest BCUT2D eigenvalue weighted by Crippen LogP contribution is 2.43. The minimum absolute atomic E-state index is 0.274. The van der Waals surface area contributed by atoms with Crippen LogP contribution in [0.5, 0.6) is 0 Å². The van der Waals surface area contributed by atoms with Gasteiger partial charge >= 0.3 is 0 Å². The van der Waals surface area contributed by atoms with Gasteiger partial charge in [0.05, 0.1) is 5.69 Å². The summed E-state index contributed by atoms with van der Waals surface area (Å²) in [5.74, 6) is 0.578. The van der Waals surface area contributed by atoms with Crippen molar-refractivity contribution in [3.05, 3.63) is 108 Å². The average molecular weight is 464 g/mol. The SMILES string of the molecule is OCCCCc1ccc(-n2c(C3=CC=CC=CC3)cc(-c3ccccc3)c2C2CCCCC2)cc1. The Hall–Kier alpha value is -3.10. The molecule has 180 valence electrons. The van der Waals surface area contributed by atoms with Gasteiger partial charge in [0.1, 0.15) is 0 Å². The topological polar surface area (TPSA) is 25.2 Å². The van der Waals surface area contributed by atoms with Crippen molar-refractivity contribution in [1.29, 1.82) is 0 Å². The van der Waals surface area contributed by atoms with E-state index in [1.54, 1.807) is 0 Å². The highest BCUT2D eigenvalue weighted by Gasteiger charge is 2.27. The number of nitrogens with zero attached hydrogens (tertiary/aromatic N) is 1. The third-order valence-electron chi connectivity index (χ3n) is 7.51. The van der Waals surface area contributed by atoms with Gasteiger partial charge in [-0.3, -0.25) is 0 Å². The largest absolute Gasteiger partial charge is 0.396 e. The fraction of sp³-hybridized carbons (Fsp3) is 0.333. The predicted molar refractivity (Wildman–Crippen MR) is 148 cm³/mol. The van der Waals surface area contributed by atoms with Gasteiger partial charge in [0.15, 0.2) is 0 Å². The van der Waals surface area contributed by atoms with Crippen LogP contribution in [0, 0.1) is 0 Å². The number of aliphatic hydroxyl groups excluding tert-OH is 1. The molecule has 1 heterocycles. The third kappa shape index (κ3) is 5.44. The van der Waals surface area contributed by atoms with Crippen LogP contribution in [0.3, 0.4) is 0 Å². The summed E-state index contributed by atoms with van der Waals surface area (Å²) in [6, 6.07) is 22.6. The quantitative estimate of drug-likeness (QED) is 0.333. The van der Waals surface area contributed by atoms with Crippen LogP contribution >= 0.6 is 0 Å². The lowest BCUT2D eigenvalue weighted by Gasteiger charge is -2.26. The number of aromatic nitrogens is 1. The number of aliphatic hydroxyl groups is 1. The Kier molecular flexibility index (Phi) is 7.80. The molecule has 2 nitrogen and oxygen atoms in total. The van der Waals surface area contributed by atoms with Crippen molar-refractivity contribution in [2.24, 2.45) is 0 Å². The van der Waals surface area contributed by atoms with E-state index >= 15 is 0 Å². The van der Waals surface area contributed by atoms with E-state index in [1.807, 2.05) is 0 Å². The van der Waals surface area contributed by atoms with Crippen molar-refractivity contribution in [2.45, 2.75) is 63.7 Å². The summed E-state index contributed by atoms with van der Waals surface area (Å²) in [6.07, 6.45) is 21.4. The maximum absolute atomic E-state index is 9.14. The zero-order valence-corrected chi connectivity index (χ0v) is 20.7. The van der Waals surface area contributed by atoms with Crippen LogP contribution in [-0.4, -0.2) is 16.3 Å². The van der Waals surface area contributed by atoms with Gasteiger partial charge in [-0.1, -0.05) is 92.1 Å². The molecule has 2 aliphatic rings. The van der Waals surface area contributed by atoms with Crippen molar-refractivity contribution in [3.8, 4) is 16.8 Å². The molecule has 2 heteroatoms. The maximum Gasteiger partial charge on any atom is 0.0500 e. The highest BCUT2D eigenvalue weighted by atomic mass is 16.2. The van der Waals surface area contributed by atoms with Gasteiger partial charge in [-0.25, -0.2) is 0 Å². The highest BCUT2D eigenvalue weighted by molar-refractivity contribution is 5.78. The van der Waals surface area contributed by atoms with E-state index in [4.69, 9.17) is 5.11 Å². The van der Waals surface area contributed by atoms with E-state index in [2.05, 4.69) is 95.6 Å². The molecule has 1 aromatic heterocycles. The molecule has 1 saturated carbocycles. The van der Waals surface area contributed by atoms with E-state index in [9.17, 15) is 0 Å². The number of hydrogen-bond acceptors (Lipinski definition) is 1. The Morgan fingerprint density at radius 3 is 2.40 bits per heavy atom. The second kappa shape index (κ2) is 11.6. The minimum atomic E-state index is 0.274. The lowest BCUT2D eigenvalue weighted by Crippen LogP contribution is -2.12. The Labute approximate surface area is 210 Å². The van der Waals surface area contributed by atoms with Gasteiger partial charge in [0.2, 0.25) is 0 Å². The molecular weight excluding hydrogens is 426 g/mol. The van der Waals surface area contributed by atoms with E-state index in [0.717, 1.165) is 25.7 Å². The molecule has 0 atom stereocenters. The fourth-order valence-electron chi connectivity index (χ4n) is 5.69. The van der Waals surface area contributed by atoms with E-state index in [-0.39, 0.29) is 6.61 Å². The van der Waals surface area contributed by atoms with Gasteiger partial charge in [0.25, 0.3) is 0 Å². The van der Waals surface area contributed by atoms with Crippen molar-refractivity contribution < 1.29 is 5.11 Å². The monoisotopic (exact) mass is 463 g/mol. The average Bonchev–Trinajstić information content (AvgIpc) is 3.10. The number of unbranched alkanes of at least 4 members (excludes halogenated alkanes) is 1. The maximum atomic E-state index is 9.14. The molecule has 0 radical (unpaired) electrons. The second-order valence-electron chi connectivity index (χ2n) is 9.92. The zero-order chi connectivity index (χ0) is 23.9. The van der Waals surface area contributed by atoms with E-state index in [0.29, 0.717) is 5.92 Å². The van der Waals surface area contributed by atoms with Crippen LogP contribution in [0.1, 0.15) is 74.2 Å². The van der Waals surface area contributed by atoms with Gasteiger partial charge in [-0.05, 0) is 73.4 Å². The summed E-state index contributed by atoms with van der Waals surface area (Å²) < 4.78 is 2.58. The summed E-state index contributed by atoms with van der Waals surface area (Å²) in [7, 11) is 0. The van der Waals surface area contributed by atoms with Crippen LogP contribution in [0.15, 0.2) is 91.0 Å². The van der Waals surface area contributed by atoms with Crippen LogP contribution < -0.4 is 0 Å². The molecule has 3 aromatic rings. The molecule has 0 saturated heterocycles. The van der Waals surface area contributed by atoms with Crippen molar-refractivity contribution in [1.82, 2.24) is 4.57 Å². The summed E-state index contributed by atoms with van der Waals surface area (Å²) in [5, 5.41) is 9.14. The first kappa shape index (κ1) is 23.6. The third-order valence-corrected chi connectivity index (χ3v) is 7.51. The summed E-state index contributed by atoms with van der Waals surface area (Å²) in [5.41, 5.74) is 9.46. The zero-order valence-electron chi connectivity index (χ0n) is 20.7. The van der Waals surface area contributed by atoms with Gasteiger partial charge in [-0.2, -0.15) is 0 Å². The predicted octanol–water partition coefficient (Wildman–Crippen LogP) is 8.41. The Morgan fingerprint density at radius 2 is 1.63 bits per heavy atom. The molecule has 1 fully saturated rings. The Bertz CT molecular complexity index is 1190. The Morgan fingerprint density at radius 1 is 0.829 bits per heavy atom. The number of rotatable bonds is 8. The molecular formula is C33H37NO. The normalized spacial score (nSPS) is 16.3. The molecule has 0 bridgehead atoms. The Balaban J connectivity index is 1.66. The van der Waals surface area contributed by atoms with Crippen LogP contribution in [-0.2, 0) is 6.42 Å². The molecule has 0 unspecified atom stereocenters. The van der Waals surface area contributed by atoms with E-state index < -0.39 is 0 Å². The summed E-state index contributed by atoms with van der Waals surface area (Å²) >= 11 is 0. The minimum Gasteiger partial charge on any atom is -0.396 e. The fourth-order valence-corrected chi connectivity index (χ4v) is 5.69. The molecule has 0 amide bonds. The molecule has 0 aliphatic heterocycles. The van der Waals surface area contributed by atoms with Crippen molar-refractivity contribution in [3.63, 3.8) is 0 Å². The number of aryl methyl sites for hydroxylation is 1. The van der Waals surface area contributed by atoms with Crippen LogP contribution in [0.25, 0.3) is 22.4 Å². The molecule has 2 aliphatic carbocycles. The lowest BCUT2D eigenvalue weighted by molar-refractivity contribution is 0.284.